The number of nitrogens with one attached hydrogen (secondary N) is 1. The molecule has 0 radical (unpaired) electrons. The van der Waals surface area contributed by atoms with Crippen LogP contribution in [0.4, 0.5) is 22.8 Å². The third kappa shape index (κ3) is 6.16. The van der Waals surface area contributed by atoms with E-state index in [1.54, 1.807) is 31.7 Å². The molecule has 1 aliphatic heterocycles. The van der Waals surface area contributed by atoms with E-state index < -0.39 is 18.8 Å². The predicted molar refractivity (Wildman–Crippen MR) is 147 cm³/mol. The molecular formula is C28H36F3N7O4. The van der Waals surface area contributed by atoms with Gasteiger partial charge in [-0.05, 0) is 24.8 Å². The van der Waals surface area contributed by atoms with Crippen LogP contribution < -0.4 is 5.32 Å². The summed E-state index contributed by atoms with van der Waals surface area (Å²) in [6, 6.07) is 0.671. The second-order valence-corrected chi connectivity index (χ2v) is 11.2. The van der Waals surface area contributed by atoms with E-state index >= 15 is 0 Å². The lowest BCUT2D eigenvalue weighted by molar-refractivity contribution is -0.149. The number of halogens is 3. The number of carbonyl (C=O) groups is 3. The van der Waals surface area contributed by atoms with Crippen molar-refractivity contribution in [1.82, 2.24) is 34.1 Å². The molecule has 2 atom stereocenters. The van der Waals surface area contributed by atoms with E-state index in [4.69, 9.17) is 4.74 Å². The molecule has 0 bridgehead atoms. The molecule has 228 valence electrons. The molecular weight excluding hydrogens is 555 g/mol. The lowest BCUT2D eigenvalue weighted by Crippen LogP contribution is -2.42. The molecule has 3 aromatic rings. The average molecular weight is 592 g/mol. The van der Waals surface area contributed by atoms with E-state index in [9.17, 15) is 27.6 Å². The molecule has 11 nitrogen and oxygen atoms in total. The molecule has 2 fully saturated rings. The van der Waals surface area contributed by atoms with Crippen molar-refractivity contribution in [1.29, 1.82) is 0 Å². The number of rotatable bonds is 7. The first kappa shape index (κ1) is 29.6. The number of hydrogen-bond donors (Lipinski definition) is 1. The van der Waals surface area contributed by atoms with Crippen molar-refractivity contribution in [3.05, 3.63) is 30.4 Å². The largest absolute Gasteiger partial charge is 0.464 e. The summed E-state index contributed by atoms with van der Waals surface area (Å²) >= 11 is 0. The molecule has 3 aromatic heterocycles. The number of esters is 1. The first-order chi connectivity index (χ1) is 20.1. The molecule has 14 heteroatoms. The highest BCUT2D eigenvalue weighted by molar-refractivity contribution is 5.89. The Balaban J connectivity index is 1.31. The number of hydrogen-bond acceptors (Lipinski definition) is 6. The van der Waals surface area contributed by atoms with Gasteiger partial charge in [-0.2, -0.15) is 13.2 Å². The van der Waals surface area contributed by atoms with E-state index in [0.717, 1.165) is 37.8 Å². The third-order valence-corrected chi connectivity index (χ3v) is 8.41. The van der Waals surface area contributed by atoms with Gasteiger partial charge in [0.15, 0.2) is 11.3 Å². The Morgan fingerprint density at radius 2 is 1.88 bits per heavy atom. The second kappa shape index (κ2) is 12.2. The zero-order chi connectivity index (χ0) is 30.0. The number of aromatic nitrogens is 4. The second-order valence-electron chi connectivity index (χ2n) is 11.2. The predicted octanol–water partition coefficient (Wildman–Crippen LogP) is 4.40. The van der Waals surface area contributed by atoms with Crippen molar-refractivity contribution < 1.29 is 32.3 Å². The summed E-state index contributed by atoms with van der Waals surface area (Å²) in [5, 5.41) is 1.96. The highest BCUT2D eigenvalue weighted by Gasteiger charge is 2.38. The van der Waals surface area contributed by atoms with E-state index in [1.165, 1.54) is 14.4 Å². The van der Waals surface area contributed by atoms with Gasteiger partial charge in [-0.1, -0.05) is 32.6 Å². The van der Waals surface area contributed by atoms with Crippen LogP contribution in [0.1, 0.15) is 57.1 Å². The minimum atomic E-state index is -4.49. The van der Waals surface area contributed by atoms with Crippen LogP contribution >= 0.6 is 0 Å². The molecule has 5 rings (SSSR count). The van der Waals surface area contributed by atoms with Crippen LogP contribution in [-0.2, 0) is 9.53 Å². The number of fused-ring (bicyclic) bond motifs is 3. The number of alkyl halides is 3. The zero-order valence-electron chi connectivity index (χ0n) is 23.8. The van der Waals surface area contributed by atoms with Crippen LogP contribution in [0, 0.1) is 11.8 Å². The Kier molecular flexibility index (Phi) is 8.60. The number of ether oxygens (including phenoxy) is 1. The summed E-state index contributed by atoms with van der Waals surface area (Å²) in [4.78, 5) is 50.0. The molecule has 1 aliphatic carbocycles. The molecule has 3 amide bonds. The maximum atomic E-state index is 13.3. The Morgan fingerprint density at radius 3 is 2.60 bits per heavy atom. The highest BCUT2D eigenvalue weighted by atomic mass is 19.4. The first-order valence-corrected chi connectivity index (χ1v) is 14.4. The fourth-order valence-electron chi connectivity index (χ4n) is 6.08. The monoisotopic (exact) mass is 591 g/mol. The number of imidazole rings is 1. The maximum Gasteiger partial charge on any atom is 0.405 e. The molecule has 42 heavy (non-hydrogen) atoms. The van der Waals surface area contributed by atoms with Gasteiger partial charge in [-0.25, -0.2) is 19.6 Å². The summed E-state index contributed by atoms with van der Waals surface area (Å²) in [6.45, 7) is 1.48. The topological polar surface area (TPSA) is 114 Å². The van der Waals surface area contributed by atoms with Gasteiger partial charge in [0.05, 0.1) is 24.2 Å². The normalized spacial score (nSPS) is 19.9. The molecule has 1 N–H and O–H groups in total. The third-order valence-electron chi connectivity index (χ3n) is 8.41. The van der Waals surface area contributed by atoms with E-state index in [1.807, 2.05) is 16.6 Å². The molecule has 1 saturated carbocycles. The number of amides is 3. The van der Waals surface area contributed by atoms with E-state index in [0.29, 0.717) is 29.8 Å². The average Bonchev–Trinajstić information content (AvgIpc) is 3.71. The molecule has 0 aromatic carbocycles. The van der Waals surface area contributed by atoms with Crippen molar-refractivity contribution >= 4 is 34.8 Å². The van der Waals surface area contributed by atoms with Gasteiger partial charge in [0.1, 0.15) is 13.2 Å². The lowest BCUT2D eigenvalue weighted by Gasteiger charge is -2.21. The standard InChI is InChI=1S/C28H36F3N7O4/c1-3-18-15-36(26(40)34-17-28(29,30)31)16-20(18)22-13-32-23-14-33-24-21(38(22)23)9-10-37(24)27(41)35(2)11-12-42-25(39)19-7-5-4-6-8-19/h9-10,13-14,18-20H,3-8,11-12,15-17H2,1-2H3,(H,34,40)/t18-,20?/m1/s1. The molecule has 4 heterocycles. The van der Waals surface area contributed by atoms with Crippen molar-refractivity contribution in [2.75, 3.05) is 39.8 Å². The van der Waals surface area contributed by atoms with Crippen LogP contribution in [0.2, 0.25) is 0 Å². The molecule has 1 saturated heterocycles. The summed E-state index contributed by atoms with van der Waals surface area (Å²) in [6.07, 6.45) is 6.02. The minimum absolute atomic E-state index is 0.0101. The fourth-order valence-corrected chi connectivity index (χ4v) is 6.08. The van der Waals surface area contributed by atoms with E-state index in [2.05, 4.69) is 9.97 Å². The van der Waals surface area contributed by atoms with Gasteiger partial charge in [0.25, 0.3) is 0 Å². The Labute approximate surface area is 241 Å². The van der Waals surface area contributed by atoms with Gasteiger partial charge in [-0.15, -0.1) is 0 Å². The Morgan fingerprint density at radius 1 is 1.12 bits per heavy atom. The Bertz CT molecular complexity index is 1450. The van der Waals surface area contributed by atoms with Gasteiger partial charge in [0, 0.05) is 44.1 Å². The van der Waals surface area contributed by atoms with Crippen LogP contribution in [0.15, 0.2) is 24.7 Å². The summed E-state index contributed by atoms with van der Waals surface area (Å²) in [5.74, 6) is -0.422. The molecule has 1 unspecified atom stereocenters. The number of carbonyl (C=O) groups excluding carboxylic acids is 3. The number of likely N-dealkylation sites (tertiary alicyclic amines) is 1. The number of nitrogens with zero attached hydrogens (tertiary/aromatic N) is 6. The van der Waals surface area contributed by atoms with Gasteiger partial charge in [-0.3, -0.25) is 13.8 Å². The zero-order valence-corrected chi connectivity index (χ0v) is 23.8. The van der Waals surface area contributed by atoms with Crippen molar-refractivity contribution in [2.24, 2.45) is 11.8 Å². The van der Waals surface area contributed by atoms with Gasteiger partial charge in [0.2, 0.25) is 0 Å². The molecule has 0 spiro atoms. The number of urea groups is 1. The van der Waals surface area contributed by atoms with Crippen LogP contribution in [-0.4, -0.2) is 92.8 Å². The Hall–Kier alpha value is -3.84. The van der Waals surface area contributed by atoms with E-state index in [-0.39, 0.29) is 49.5 Å². The smallest absolute Gasteiger partial charge is 0.405 e. The van der Waals surface area contributed by atoms with Gasteiger partial charge >= 0.3 is 24.2 Å². The summed E-state index contributed by atoms with van der Waals surface area (Å²) in [5.41, 5.74) is 2.40. The number of likely N-dealkylation sites (N-methyl/N-ethyl adjacent to an activating group) is 1. The highest BCUT2D eigenvalue weighted by Crippen LogP contribution is 2.36. The lowest BCUT2D eigenvalue weighted by atomic mass is 9.89. The molecule has 2 aliphatic rings. The van der Waals surface area contributed by atoms with Crippen molar-refractivity contribution in [2.45, 2.75) is 57.5 Å². The van der Waals surface area contributed by atoms with Crippen LogP contribution in [0.25, 0.3) is 16.8 Å². The van der Waals surface area contributed by atoms with Crippen molar-refractivity contribution in [3.63, 3.8) is 0 Å². The SMILES string of the molecule is CC[C@@H]1CN(C(=O)NCC(F)(F)F)CC1c1cnc2cnc3c(ccn3C(=O)N(C)CCOC(=O)C3CCCCC3)n12. The maximum absolute atomic E-state index is 13.3. The van der Waals surface area contributed by atoms with Gasteiger partial charge < -0.3 is 19.9 Å². The van der Waals surface area contributed by atoms with Crippen LogP contribution in [0.3, 0.4) is 0 Å². The first-order valence-electron chi connectivity index (χ1n) is 14.4. The fraction of sp³-hybridized carbons (Fsp3) is 0.607. The quantitative estimate of drug-likeness (QED) is 0.408. The minimum Gasteiger partial charge on any atom is -0.464 e. The van der Waals surface area contributed by atoms with Crippen LogP contribution in [0.5, 0.6) is 0 Å². The van der Waals surface area contributed by atoms with Crippen molar-refractivity contribution in [3.8, 4) is 0 Å². The summed E-state index contributed by atoms with van der Waals surface area (Å²) in [7, 11) is 1.63. The summed E-state index contributed by atoms with van der Waals surface area (Å²) < 4.78 is 46.7.